The van der Waals surface area contributed by atoms with E-state index in [1.165, 1.54) is 0 Å². The normalized spacial score (nSPS) is 11.4. The molecule has 0 aliphatic heterocycles. The zero-order chi connectivity index (χ0) is 13.8. The molecule has 118 valence electrons. The molecule has 2 aromatic rings. The third-order valence-corrected chi connectivity index (χ3v) is 4.44. The van der Waals surface area contributed by atoms with E-state index in [2.05, 4.69) is 11.1 Å². The van der Waals surface area contributed by atoms with Crippen molar-refractivity contribution in [1.82, 2.24) is 9.88 Å². The number of thiazole rings is 1. The Morgan fingerprint density at radius 3 is 2.67 bits per heavy atom. The predicted molar refractivity (Wildman–Crippen MR) is 93.6 cm³/mol. The molecule has 1 amide bonds. The van der Waals surface area contributed by atoms with E-state index < -0.39 is 0 Å². The molecule has 1 heterocycles. The van der Waals surface area contributed by atoms with Gasteiger partial charge in [0.1, 0.15) is 5.01 Å². The highest BCUT2D eigenvalue weighted by Crippen LogP contribution is 2.29. The van der Waals surface area contributed by atoms with Gasteiger partial charge in [0.05, 0.1) is 16.3 Å². The minimum absolute atomic E-state index is 0. The van der Waals surface area contributed by atoms with Gasteiger partial charge in [-0.05, 0) is 32.0 Å². The van der Waals surface area contributed by atoms with Crippen LogP contribution in [0.25, 0.3) is 10.2 Å². The predicted octanol–water partition coefficient (Wildman–Crippen LogP) is 3.40. The Balaban J connectivity index is 0.00000200. The lowest BCUT2D eigenvalue weighted by molar-refractivity contribution is -0.131. The number of hydrogen-bond donors (Lipinski definition) is 1. The molecule has 2 N–H and O–H groups in total. The molecule has 0 aliphatic carbocycles. The van der Waals surface area contributed by atoms with Crippen LogP contribution in [0.5, 0.6) is 0 Å². The number of hydrogen-bond acceptors (Lipinski definition) is 4. The molecule has 0 saturated carbocycles. The molecule has 2 rings (SSSR count). The molecule has 1 unspecified atom stereocenters. The van der Waals surface area contributed by atoms with Gasteiger partial charge in [-0.15, -0.1) is 36.2 Å². The summed E-state index contributed by atoms with van der Waals surface area (Å²) in [6.07, 6.45) is 1.23. The van der Waals surface area contributed by atoms with Gasteiger partial charge in [0.15, 0.2) is 0 Å². The van der Waals surface area contributed by atoms with Crippen molar-refractivity contribution in [3.05, 3.63) is 29.3 Å². The Labute approximate surface area is 141 Å². The molecule has 1 aromatic heterocycles. The maximum Gasteiger partial charge on any atom is 0.222 e. The molecule has 7 heteroatoms. The fourth-order valence-corrected chi connectivity index (χ4v) is 2.94. The summed E-state index contributed by atoms with van der Waals surface area (Å²) in [4.78, 5) is 18.3. The average molecular weight is 350 g/mol. The van der Waals surface area contributed by atoms with Crippen molar-refractivity contribution < 1.29 is 4.79 Å². The van der Waals surface area contributed by atoms with Crippen LogP contribution in [0.2, 0.25) is 0 Å². The summed E-state index contributed by atoms with van der Waals surface area (Å²) in [5.74, 6) is 0.122. The Morgan fingerprint density at radius 2 is 2.05 bits per heavy atom. The third-order valence-electron chi connectivity index (χ3n) is 3.24. The smallest absolute Gasteiger partial charge is 0.222 e. The zero-order valence-electron chi connectivity index (χ0n) is 12.1. The first kappa shape index (κ1) is 20.1. The number of halogens is 2. The summed E-state index contributed by atoms with van der Waals surface area (Å²) in [5, 5.41) is 0.977. The van der Waals surface area contributed by atoms with Gasteiger partial charge in [-0.2, -0.15) is 0 Å². The van der Waals surface area contributed by atoms with Crippen LogP contribution in [-0.4, -0.2) is 29.4 Å². The van der Waals surface area contributed by atoms with E-state index in [1.54, 1.807) is 16.2 Å². The summed E-state index contributed by atoms with van der Waals surface area (Å²) >= 11 is 1.65. The lowest BCUT2D eigenvalue weighted by Gasteiger charge is -2.23. The number of benzene rings is 1. The van der Waals surface area contributed by atoms with Crippen LogP contribution in [0.15, 0.2) is 24.3 Å². The van der Waals surface area contributed by atoms with Gasteiger partial charge >= 0.3 is 0 Å². The van der Waals surface area contributed by atoms with Crippen molar-refractivity contribution >= 4 is 52.3 Å². The summed E-state index contributed by atoms with van der Waals surface area (Å²) in [6, 6.07) is 8.04. The van der Waals surface area contributed by atoms with Gasteiger partial charge in [-0.1, -0.05) is 12.1 Å². The van der Waals surface area contributed by atoms with E-state index >= 15 is 0 Å². The second kappa shape index (κ2) is 9.20. The van der Waals surface area contributed by atoms with Crippen LogP contribution in [0, 0.1) is 0 Å². The van der Waals surface area contributed by atoms with Crippen LogP contribution in [0.1, 0.15) is 30.8 Å². The number of rotatable bonds is 5. The van der Waals surface area contributed by atoms with E-state index in [0.717, 1.165) is 21.6 Å². The molecule has 0 bridgehead atoms. The topological polar surface area (TPSA) is 59.2 Å². The quantitative estimate of drug-likeness (QED) is 0.899. The maximum absolute atomic E-state index is 12.0. The van der Waals surface area contributed by atoms with Crippen molar-refractivity contribution in [2.75, 3.05) is 13.6 Å². The summed E-state index contributed by atoms with van der Waals surface area (Å²) in [6.45, 7) is 2.56. The highest BCUT2D eigenvalue weighted by atomic mass is 35.5. The van der Waals surface area contributed by atoms with Gasteiger partial charge in [0.2, 0.25) is 5.91 Å². The molecule has 0 saturated heterocycles. The van der Waals surface area contributed by atoms with Gasteiger partial charge in [0.25, 0.3) is 0 Å². The summed E-state index contributed by atoms with van der Waals surface area (Å²) in [7, 11) is 1.83. The first-order chi connectivity index (χ1) is 9.13. The van der Waals surface area contributed by atoms with Crippen molar-refractivity contribution in [1.29, 1.82) is 0 Å². The standard InChI is InChI=1S/C14H19N3OS.2ClH/c1-10(17(2)13(18)8-5-9-15)14-16-11-6-3-4-7-12(11)19-14;;/h3-4,6-7,10H,5,8-9,15H2,1-2H3;2*1H. The van der Waals surface area contributed by atoms with E-state index in [9.17, 15) is 4.79 Å². The number of carbonyl (C=O) groups is 1. The number of carbonyl (C=O) groups excluding carboxylic acids is 1. The highest BCUT2D eigenvalue weighted by molar-refractivity contribution is 7.18. The highest BCUT2D eigenvalue weighted by Gasteiger charge is 2.19. The summed E-state index contributed by atoms with van der Waals surface area (Å²) in [5.41, 5.74) is 6.43. The van der Waals surface area contributed by atoms with Crippen LogP contribution < -0.4 is 5.73 Å². The van der Waals surface area contributed by atoms with Crippen molar-refractivity contribution in [2.24, 2.45) is 5.73 Å². The minimum atomic E-state index is 0. The number of nitrogens with two attached hydrogens (primary N) is 1. The number of para-hydroxylation sites is 1. The van der Waals surface area contributed by atoms with Crippen molar-refractivity contribution in [3.63, 3.8) is 0 Å². The molecule has 1 atom stereocenters. The van der Waals surface area contributed by atoms with Crippen LogP contribution >= 0.6 is 36.2 Å². The van der Waals surface area contributed by atoms with Gasteiger partial charge in [-0.25, -0.2) is 4.98 Å². The zero-order valence-corrected chi connectivity index (χ0v) is 14.6. The second-order valence-electron chi connectivity index (χ2n) is 4.59. The fourth-order valence-electron chi connectivity index (χ4n) is 1.88. The molecule has 0 radical (unpaired) electrons. The lowest BCUT2D eigenvalue weighted by Crippen LogP contribution is -2.29. The fraction of sp³-hybridized carbons (Fsp3) is 0.429. The minimum Gasteiger partial charge on any atom is -0.337 e. The SMILES string of the molecule is CC(c1nc2ccccc2s1)N(C)C(=O)CCCN.Cl.Cl. The lowest BCUT2D eigenvalue weighted by atomic mass is 10.2. The molecule has 0 fully saturated rings. The Bertz CT molecular complexity index is 543. The van der Waals surface area contributed by atoms with Crippen molar-refractivity contribution in [3.8, 4) is 0 Å². The monoisotopic (exact) mass is 349 g/mol. The molecule has 0 spiro atoms. The first-order valence-electron chi connectivity index (χ1n) is 6.44. The second-order valence-corrected chi connectivity index (χ2v) is 5.65. The van der Waals surface area contributed by atoms with Crippen LogP contribution in [-0.2, 0) is 4.79 Å². The largest absolute Gasteiger partial charge is 0.337 e. The maximum atomic E-state index is 12.0. The first-order valence-corrected chi connectivity index (χ1v) is 7.26. The van der Waals surface area contributed by atoms with E-state index in [1.807, 2.05) is 32.2 Å². The van der Waals surface area contributed by atoms with Gasteiger partial charge < -0.3 is 10.6 Å². The van der Waals surface area contributed by atoms with E-state index in [4.69, 9.17) is 5.73 Å². The van der Waals surface area contributed by atoms with Crippen LogP contribution in [0.4, 0.5) is 0 Å². The van der Waals surface area contributed by atoms with Gasteiger partial charge in [0, 0.05) is 13.5 Å². The number of aromatic nitrogens is 1. The summed E-state index contributed by atoms with van der Waals surface area (Å²) < 4.78 is 1.16. The molecule has 4 nitrogen and oxygen atoms in total. The number of nitrogens with zero attached hydrogens (tertiary/aromatic N) is 2. The Morgan fingerprint density at radius 1 is 1.38 bits per heavy atom. The molecular weight excluding hydrogens is 329 g/mol. The Kier molecular flexibility index (Phi) is 8.82. The molecule has 0 aliphatic rings. The van der Waals surface area contributed by atoms with Crippen molar-refractivity contribution in [2.45, 2.75) is 25.8 Å². The van der Waals surface area contributed by atoms with E-state index in [-0.39, 0.29) is 36.8 Å². The van der Waals surface area contributed by atoms with Crippen LogP contribution in [0.3, 0.4) is 0 Å². The number of fused-ring (bicyclic) bond motifs is 1. The van der Waals surface area contributed by atoms with E-state index in [0.29, 0.717) is 13.0 Å². The molecule has 1 aromatic carbocycles. The molecular formula is C14H21Cl2N3OS. The Hall–Kier alpha value is -0.880. The third kappa shape index (κ3) is 4.81. The average Bonchev–Trinajstić information content (AvgIpc) is 2.86. The van der Waals surface area contributed by atoms with Gasteiger partial charge in [-0.3, -0.25) is 4.79 Å². The number of amides is 1. The molecule has 21 heavy (non-hydrogen) atoms.